The fourth-order valence-electron chi connectivity index (χ4n) is 4.16. The number of nitrogens with zero attached hydrogens (tertiary/aromatic N) is 3. The van der Waals surface area contributed by atoms with Crippen LogP contribution in [0.25, 0.3) is 11.0 Å². The molecule has 158 valence electrons. The molecule has 0 spiro atoms. The van der Waals surface area contributed by atoms with Gasteiger partial charge in [-0.25, -0.2) is 4.98 Å². The summed E-state index contributed by atoms with van der Waals surface area (Å²) in [5.41, 5.74) is 8.06. The van der Waals surface area contributed by atoms with Crippen LogP contribution in [0.15, 0.2) is 60.9 Å². The zero-order valence-corrected chi connectivity index (χ0v) is 18.4. The number of amides is 1. The molecule has 0 radical (unpaired) electrons. The van der Waals surface area contributed by atoms with Crippen LogP contribution >= 0.6 is 0 Å². The SMILES string of the molecule is Cc1cc(C)c(Cn2c(CCCNC(=O)c3ccncc3)nc3ccccc32)c(C)c1. The standard InChI is InChI=1S/C26H28N4O/c1-18-15-19(2)22(20(3)16-18)17-30-24-8-5-4-7-23(24)29-25(30)9-6-12-28-26(31)21-10-13-27-14-11-21/h4-5,7-8,10-11,13-16H,6,9,12,17H2,1-3H3,(H,28,31). The maximum atomic E-state index is 12.2. The summed E-state index contributed by atoms with van der Waals surface area (Å²) in [7, 11) is 0. The Labute approximate surface area is 183 Å². The minimum absolute atomic E-state index is 0.0678. The van der Waals surface area contributed by atoms with E-state index in [0.717, 1.165) is 36.2 Å². The third-order valence-corrected chi connectivity index (χ3v) is 5.70. The number of carbonyl (C=O) groups is 1. The number of fused-ring (bicyclic) bond motifs is 1. The number of para-hydroxylation sites is 2. The zero-order valence-electron chi connectivity index (χ0n) is 18.4. The van der Waals surface area contributed by atoms with Crippen LogP contribution in [0.5, 0.6) is 0 Å². The third-order valence-electron chi connectivity index (χ3n) is 5.70. The molecular formula is C26H28N4O. The molecule has 0 unspecified atom stereocenters. The van der Waals surface area contributed by atoms with E-state index in [1.165, 1.54) is 22.3 Å². The lowest BCUT2D eigenvalue weighted by Gasteiger charge is -2.15. The fourth-order valence-corrected chi connectivity index (χ4v) is 4.16. The van der Waals surface area contributed by atoms with Crippen molar-refractivity contribution in [1.29, 1.82) is 0 Å². The highest BCUT2D eigenvalue weighted by atomic mass is 16.1. The van der Waals surface area contributed by atoms with Crippen molar-refractivity contribution >= 4 is 16.9 Å². The molecule has 2 heterocycles. The van der Waals surface area contributed by atoms with Crippen LogP contribution in [0.3, 0.4) is 0 Å². The second kappa shape index (κ2) is 9.13. The van der Waals surface area contributed by atoms with E-state index in [1.54, 1.807) is 24.5 Å². The summed E-state index contributed by atoms with van der Waals surface area (Å²) in [4.78, 5) is 21.1. The lowest BCUT2D eigenvalue weighted by Crippen LogP contribution is -2.25. The molecule has 0 aliphatic rings. The predicted molar refractivity (Wildman–Crippen MR) is 124 cm³/mol. The Morgan fingerprint density at radius 2 is 1.71 bits per heavy atom. The van der Waals surface area contributed by atoms with E-state index >= 15 is 0 Å². The Morgan fingerprint density at radius 3 is 2.45 bits per heavy atom. The summed E-state index contributed by atoms with van der Waals surface area (Å²) in [5, 5.41) is 2.99. The zero-order chi connectivity index (χ0) is 21.8. The number of aryl methyl sites for hydroxylation is 4. The van der Waals surface area contributed by atoms with E-state index < -0.39 is 0 Å². The summed E-state index contributed by atoms with van der Waals surface area (Å²) in [5.74, 6) is 0.987. The van der Waals surface area contributed by atoms with Gasteiger partial charge in [0.1, 0.15) is 5.82 Å². The largest absolute Gasteiger partial charge is 0.352 e. The Kier molecular flexibility index (Phi) is 6.12. The van der Waals surface area contributed by atoms with Gasteiger partial charge in [0, 0.05) is 37.5 Å². The lowest BCUT2D eigenvalue weighted by molar-refractivity contribution is 0.0953. The summed E-state index contributed by atoms with van der Waals surface area (Å²) < 4.78 is 2.32. The molecule has 1 N–H and O–H groups in total. The summed E-state index contributed by atoms with van der Waals surface area (Å²) in [6, 6.07) is 16.2. The topological polar surface area (TPSA) is 59.8 Å². The maximum absolute atomic E-state index is 12.2. The van der Waals surface area contributed by atoms with Crippen molar-refractivity contribution in [2.24, 2.45) is 0 Å². The van der Waals surface area contributed by atoms with E-state index in [2.05, 4.69) is 66.0 Å². The molecule has 2 aromatic carbocycles. The lowest BCUT2D eigenvalue weighted by atomic mass is 9.99. The number of pyridine rings is 1. The van der Waals surface area contributed by atoms with Crippen LogP contribution in [-0.2, 0) is 13.0 Å². The third kappa shape index (κ3) is 4.66. The van der Waals surface area contributed by atoms with Gasteiger partial charge in [-0.15, -0.1) is 0 Å². The van der Waals surface area contributed by atoms with Gasteiger partial charge >= 0.3 is 0 Å². The monoisotopic (exact) mass is 412 g/mol. The molecular weight excluding hydrogens is 384 g/mol. The first kappa shape index (κ1) is 20.8. The molecule has 0 saturated heterocycles. The number of hydrogen-bond donors (Lipinski definition) is 1. The Hall–Kier alpha value is -3.47. The number of aromatic nitrogens is 3. The van der Waals surface area contributed by atoms with E-state index in [4.69, 9.17) is 4.98 Å². The van der Waals surface area contributed by atoms with Crippen LogP contribution in [0.1, 0.15) is 44.9 Å². The predicted octanol–water partition coefficient (Wildman–Crippen LogP) is 4.77. The first-order chi connectivity index (χ1) is 15.0. The van der Waals surface area contributed by atoms with Crippen LogP contribution < -0.4 is 5.32 Å². The molecule has 0 fully saturated rings. The Bertz CT molecular complexity index is 1190. The summed E-state index contributed by atoms with van der Waals surface area (Å²) in [6.07, 6.45) is 4.89. The molecule has 0 aliphatic heterocycles. The molecule has 0 saturated carbocycles. The highest BCUT2D eigenvalue weighted by molar-refractivity contribution is 5.93. The van der Waals surface area contributed by atoms with Crippen molar-refractivity contribution in [3.63, 3.8) is 0 Å². The van der Waals surface area contributed by atoms with E-state index in [0.29, 0.717) is 12.1 Å². The molecule has 5 heteroatoms. The number of carbonyl (C=O) groups excluding carboxylic acids is 1. The van der Waals surface area contributed by atoms with Crippen molar-refractivity contribution < 1.29 is 4.79 Å². The van der Waals surface area contributed by atoms with Crippen LogP contribution in [-0.4, -0.2) is 27.0 Å². The molecule has 0 bridgehead atoms. The average molecular weight is 413 g/mol. The second-order valence-electron chi connectivity index (χ2n) is 8.08. The van der Waals surface area contributed by atoms with Crippen molar-refractivity contribution in [3.05, 3.63) is 94.6 Å². The first-order valence-corrected chi connectivity index (χ1v) is 10.7. The molecule has 4 aromatic rings. The maximum Gasteiger partial charge on any atom is 0.251 e. The van der Waals surface area contributed by atoms with Gasteiger partial charge in [0.05, 0.1) is 11.0 Å². The highest BCUT2D eigenvalue weighted by Crippen LogP contribution is 2.23. The summed E-state index contributed by atoms with van der Waals surface area (Å²) >= 11 is 0. The number of hydrogen-bond acceptors (Lipinski definition) is 3. The molecule has 31 heavy (non-hydrogen) atoms. The molecule has 2 aromatic heterocycles. The van der Waals surface area contributed by atoms with Crippen molar-refractivity contribution in [2.75, 3.05) is 6.54 Å². The minimum Gasteiger partial charge on any atom is -0.352 e. The number of imidazole rings is 1. The Morgan fingerprint density at radius 1 is 1.00 bits per heavy atom. The van der Waals surface area contributed by atoms with Crippen molar-refractivity contribution in [3.8, 4) is 0 Å². The van der Waals surface area contributed by atoms with Crippen molar-refractivity contribution in [2.45, 2.75) is 40.2 Å². The van der Waals surface area contributed by atoms with E-state index in [1.807, 2.05) is 6.07 Å². The normalized spacial score (nSPS) is 11.1. The van der Waals surface area contributed by atoms with Gasteiger partial charge in [-0.1, -0.05) is 29.8 Å². The molecule has 0 aliphatic carbocycles. The summed E-state index contributed by atoms with van der Waals surface area (Å²) in [6.45, 7) is 7.91. The fraction of sp³-hybridized carbons (Fsp3) is 0.269. The first-order valence-electron chi connectivity index (χ1n) is 10.7. The molecule has 0 atom stereocenters. The van der Waals surface area contributed by atoms with Gasteiger partial charge in [-0.05, 0) is 68.1 Å². The van der Waals surface area contributed by atoms with Gasteiger partial charge in [-0.2, -0.15) is 0 Å². The smallest absolute Gasteiger partial charge is 0.251 e. The Balaban J connectivity index is 1.51. The number of rotatable bonds is 7. The van der Waals surface area contributed by atoms with Crippen LogP contribution in [0, 0.1) is 20.8 Å². The van der Waals surface area contributed by atoms with E-state index in [9.17, 15) is 4.79 Å². The quantitative estimate of drug-likeness (QED) is 0.445. The van der Waals surface area contributed by atoms with Gasteiger partial charge in [0.15, 0.2) is 0 Å². The molecule has 1 amide bonds. The van der Waals surface area contributed by atoms with E-state index in [-0.39, 0.29) is 5.91 Å². The number of benzene rings is 2. The molecule has 4 rings (SSSR count). The minimum atomic E-state index is -0.0678. The second-order valence-corrected chi connectivity index (χ2v) is 8.08. The van der Waals surface area contributed by atoms with Gasteiger partial charge in [0.25, 0.3) is 5.91 Å². The number of nitrogens with one attached hydrogen (secondary N) is 1. The van der Waals surface area contributed by atoms with Gasteiger partial charge in [0.2, 0.25) is 0 Å². The van der Waals surface area contributed by atoms with Crippen molar-refractivity contribution in [1.82, 2.24) is 19.9 Å². The van der Waals surface area contributed by atoms with Crippen LogP contribution in [0.2, 0.25) is 0 Å². The molecule has 5 nitrogen and oxygen atoms in total. The average Bonchev–Trinajstić information content (AvgIpc) is 3.11. The van der Waals surface area contributed by atoms with Gasteiger partial charge < -0.3 is 9.88 Å². The van der Waals surface area contributed by atoms with Gasteiger partial charge in [-0.3, -0.25) is 9.78 Å². The van der Waals surface area contributed by atoms with Crippen LogP contribution in [0.4, 0.5) is 0 Å². The highest BCUT2D eigenvalue weighted by Gasteiger charge is 2.13.